The highest BCUT2D eigenvalue weighted by molar-refractivity contribution is 5.74. The van der Waals surface area contributed by atoms with E-state index in [0.29, 0.717) is 40.7 Å². The monoisotopic (exact) mass is 352 g/mol. The lowest BCUT2D eigenvalue weighted by molar-refractivity contribution is 0.394. The van der Waals surface area contributed by atoms with Crippen LogP contribution in [0.1, 0.15) is 12.7 Å². The molecular formula is C17H16N6O3. The average molecular weight is 352 g/mol. The van der Waals surface area contributed by atoms with Crippen LogP contribution in [0.2, 0.25) is 0 Å². The zero-order valence-electron chi connectivity index (χ0n) is 14.5. The third kappa shape index (κ3) is 2.44. The molecule has 0 N–H and O–H groups in total. The molecule has 0 radical (unpaired) electrons. The summed E-state index contributed by atoms with van der Waals surface area (Å²) in [6.07, 6.45) is 2.33. The fourth-order valence-corrected chi connectivity index (χ4v) is 2.73. The van der Waals surface area contributed by atoms with Crippen molar-refractivity contribution in [3.63, 3.8) is 0 Å². The average Bonchev–Trinajstić information content (AvgIpc) is 3.11. The third-order valence-corrected chi connectivity index (χ3v) is 4.08. The molecule has 0 bridgehead atoms. The molecular weight excluding hydrogens is 336 g/mol. The van der Waals surface area contributed by atoms with Crippen molar-refractivity contribution in [2.24, 2.45) is 0 Å². The van der Waals surface area contributed by atoms with Crippen LogP contribution in [-0.4, -0.2) is 43.6 Å². The molecule has 132 valence electrons. The van der Waals surface area contributed by atoms with E-state index in [2.05, 4.69) is 20.3 Å². The standard InChI is InChI=1S/C17H16N6O3/c1-4-14-18-17-20-19-15-13(23(17)21-14)5-6-22(16(15)24)10-7-11(25-2)9-12(8-10)26-3/h5-9H,4H2,1-3H3. The highest BCUT2D eigenvalue weighted by atomic mass is 16.5. The summed E-state index contributed by atoms with van der Waals surface area (Å²) in [5.41, 5.74) is 1.04. The second-order valence-electron chi connectivity index (χ2n) is 5.59. The van der Waals surface area contributed by atoms with Crippen LogP contribution in [0.3, 0.4) is 0 Å². The van der Waals surface area contributed by atoms with Gasteiger partial charge >= 0.3 is 0 Å². The number of pyridine rings is 1. The Labute approximate surface area is 147 Å². The molecule has 4 rings (SSSR count). The van der Waals surface area contributed by atoms with Gasteiger partial charge in [0.1, 0.15) is 17.0 Å². The van der Waals surface area contributed by atoms with Gasteiger partial charge in [0, 0.05) is 30.8 Å². The van der Waals surface area contributed by atoms with Crippen molar-refractivity contribution >= 4 is 16.8 Å². The van der Waals surface area contributed by atoms with E-state index in [1.165, 1.54) is 4.57 Å². The maximum Gasteiger partial charge on any atom is 0.285 e. The van der Waals surface area contributed by atoms with E-state index in [0.717, 1.165) is 0 Å². The molecule has 0 aliphatic carbocycles. The third-order valence-electron chi connectivity index (χ3n) is 4.08. The number of methoxy groups -OCH3 is 2. The van der Waals surface area contributed by atoms with Crippen molar-refractivity contribution in [3.8, 4) is 17.2 Å². The van der Waals surface area contributed by atoms with E-state index in [4.69, 9.17) is 9.47 Å². The van der Waals surface area contributed by atoms with Gasteiger partial charge < -0.3 is 9.47 Å². The number of nitrogens with zero attached hydrogens (tertiary/aromatic N) is 6. The minimum Gasteiger partial charge on any atom is -0.497 e. The Bertz CT molecular complexity index is 1160. The van der Waals surface area contributed by atoms with Crippen LogP contribution >= 0.6 is 0 Å². The molecule has 0 atom stereocenters. The van der Waals surface area contributed by atoms with E-state index in [1.807, 2.05) is 6.92 Å². The largest absolute Gasteiger partial charge is 0.497 e. The minimum atomic E-state index is -0.319. The molecule has 1 aromatic carbocycles. The fraction of sp³-hybridized carbons (Fsp3) is 0.235. The first-order valence-corrected chi connectivity index (χ1v) is 8.01. The zero-order valence-corrected chi connectivity index (χ0v) is 14.5. The van der Waals surface area contributed by atoms with E-state index < -0.39 is 0 Å². The number of aromatic nitrogens is 6. The van der Waals surface area contributed by atoms with Crippen molar-refractivity contribution in [1.29, 1.82) is 0 Å². The first-order chi connectivity index (χ1) is 12.6. The van der Waals surface area contributed by atoms with E-state index in [9.17, 15) is 4.79 Å². The first kappa shape index (κ1) is 16.0. The van der Waals surface area contributed by atoms with Crippen molar-refractivity contribution in [1.82, 2.24) is 29.4 Å². The Balaban J connectivity index is 1.97. The summed E-state index contributed by atoms with van der Waals surface area (Å²) in [5, 5.41) is 12.4. The normalized spacial score (nSPS) is 11.2. The molecule has 9 heteroatoms. The maximum atomic E-state index is 13.0. The summed E-state index contributed by atoms with van der Waals surface area (Å²) in [5.74, 6) is 2.18. The summed E-state index contributed by atoms with van der Waals surface area (Å²) >= 11 is 0. The molecule has 0 aliphatic rings. The smallest absolute Gasteiger partial charge is 0.285 e. The lowest BCUT2D eigenvalue weighted by Gasteiger charge is -2.11. The lowest BCUT2D eigenvalue weighted by atomic mass is 10.2. The minimum absolute atomic E-state index is 0.203. The second-order valence-corrected chi connectivity index (χ2v) is 5.59. The Morgan fingerprint density at radius 1 is 1.08 bits per heavy atom. The summed E-state index contributed by atoms with van der Waals surface area (Å²) < 4.78 is 13.6. The Kier molecular flexibility index (Phi) is 3.76. The van der Waals surface area contributed by atoms with Crippen LogP contribution in [0, 0.1) is 0 Å². The molecule has 9 nitrogen and oxygen atoms in total. The van der Waals surface area contributed by atoms with Gasteiger partial charge in [-0.15, -0.1) is 15.3 Å². The lowest BCUT2D eigenvalue weighted by Crippen LogP contribution is -2.20. The number of benzene rings is 1. The molecule has 0 saturated heterocycles. The molecule has 0 spiro atoms. The molecule has 0 aliphatic heterocycles. The quantitative estimate of drug-likeness (QED) is 0.548. The van der Waals surface area contributed by atoms with Gasteiger partial charge in [-0.25, -0.2) is 0 Å². The summed E-state index contributed by atoms with van der Waals surface area (Å²) in [7, 11) is 3.11. The van der Waals surface area contributed by atoms with Gasteiger partial charge in [-0.05, 0) is 6.07 Å². The molecule has 26 heavy (non-hydrogen) atoms. The maximum absolute atomic E-state index is 13.0. The molecule has 0 unspecified atom stereocenters. The van der Waals surface area contributed by atoms with Crippen molar-refractivity contribution < 1.29 is 9.47 Å². The van der Waals surface area contributed by atoms with Crippen molar-refractivity contribution in [3.05, 3.63) is 46.6 Å². The molecule has 3 heterocycles. The summed E-state index contributed by atoms with van der Waals surface area (Å²) in [6.45, 7) is 1.95. The molecule has 3 aromatic heterocycles. The Morgan fingerprint density at radius 3 is 2.46 bits per heavy atom. The number of rotatable bonds is 4. The predicted molar refractivity (Wildman–Crippen MR) is 94.2 cm³/mol. The number of hydrogen-bond acceptors (Lipinski definition) is 7. The van der Waals surface area contributed by atoms with Crippen LogP contribution < -0.4 is 15.0 Å². The molecule has 4 aromatic rings. The van der Waals surface area contributed by atoms with Crippen LogP contribution in [0.4, 0.5) is 0 Å². The van der Waals surface area contributed by atoms with Crippen LogP contribution in [-0.2, 0) is 6.42 Å². The van der Waals surface area contributed by atoms with Gasteiger partial charge in [0.25, 0.3) is 11.3 Å². The van der Waals surface area contributed by atoms with E-state index in [1.54, 1.807) is 49.2 Å². The molecule has 0 saturated carbocycles. The van der Waals surface area contributed by atoms with Gasteiger partial charge in [-0.3, -0.25) is 9.36 Å². The number of hydrogen-bond donors (Lipinski definition) is 0. The van der Waals surface area contributed by atoms with E-state index >= 15 is 0 Å². The highest BCUT2D eigenvalue weighted by Crippen LogP contribution is 2.24. The summed E-state index contributed by atoms with van der Waals surface area (Å²) in [6, 6.07) is 6.98. The number of fused-ring (bicyclic) bond motifs is 3. The summed E-state index contributed by atoms with van der Waals surface area (Å²) in [4.78, 5) is 17.2. The molecule has 0 amide bonds. The van der Waals surface area contributed by atoms with Gasteiger partial charge in [0.2, 0.25) is 0 Å². The molecule has 0 fully saturated rings. The number of ether oxygens (including phenoxy) is 2. The van der Waals surface area contributed by atoms with Gasteiger partial charge in [0.15, 0.2) is 11.3 Å². The fourth-order valence-electron chi connectivity index (χ4n) is 2.73. The Morgan fingerprint density at radius 2 is 1.81 bits per heavy atom. The van der Waals surface area contributed by atoms with Crippen LogP contribution in [0.25, 0.3) is 22.5 Å². The van der Waals surface area contributed by atoms with Crippen molar-refractivity contribution in [2.75, 3.05) is 14.2 Å². The number of aryl methyl sites for hydroxylation is 1. The van der Waals surface area contributed by atoms with E-state index in [-0.39, 0.29) is 11.1 Å². The SMILES string of the molecule is CCc1nc2nnc3c(=O)n(-c4cc(OC)cc(OC)c4)ccc3n2n1. The highest BCUT2D eigenvalue weighted by Gasteiger charge is 2.14. The topological polar surface area (TPSA) is 96.4 Å². The Hall–Kier alpha value is -3.49. The first-order valence-electron chi connectivity index (χ1n) is 8.01. The van der Waals surface area contributed by atoms with Crippen LogP contribution in [0.5, 0.6) is 11.5 Å². The van der Waals surface area contributed by atoms with Crippen LogP contribution in [0.15, 0.2) is 35.3 Å². The predicted octanol–water partition coefficient (Wildman–Crippen LogP) is 1.40. The zero-order chi connectivity index (χ0) is 18.3. The van der Waals surface area contributed by atoms with Gasteiger partial charge in [0.05, 0.1) is 19.9 Å². The van der Waals surface area contributed by atoms with Crippen molar-refractivity contribution in [2.45, 2.75) is 13.3 Å². The second kappa shape index (κ2) is 6.10. The van der Waals surface area contributed by atoms with Gasteiger partial charge in [-0.2, -0.15) is 9.50 Å². The van der Waals surface area contributed by atoms with Gasteiger partial charge in [-0.1, -0.05) is 6.92 Å².